The minimum Gasteiger partial charge on any atom is -0.383 e. The van der Waals surface area contributed by atoms with E-state index in [9.17, 15) is 9.90 Å². The maximum atomic E-state index is 12.2. The first-order valence-corrected chi connectivity index (χ1v) is 8.56. The number of hydrogen-bond donors (Lipinski definition) is 3. The lowest BCUT2D eigenvalue weighted by Gasteiger charge is -2.26. The van der Waals surface area contributed by atoms with Crippen LogP contribution in [0, 0.1) is 6.92 Å². The van der Waals surface area contributed by atoms with E-state index in [-0.39, 0.29) is 18.6 Å². The molecule has 2 aromatic rings. The SMILES string of the molecule is Cc1nnc2n1CCCC2NC(=O)NCC(C)(O)c1cccs1. The Morgan fingerprint density at radius 3 is 3.13 bits per heavy atom. The number of urea groups is 1. The molecule has 2 amide bonds. The maximum Gasteiger partial charge on any atom is 0.315 e. The summed E-state index contributed by atoms with van der Waals surface area (Å²) in [5.41, 5.74) is -1.07. The van der Waals surface area contributed by atoms with Crippen LogP contribution in [0.5, 0.6) is 0 Å². The lowest BCUT2D eigenvalue weighted by Crippen LogP contribution is -2.45. The second-order valence-electron chi connectivity index (χ2n) is 6.03. The van der Waals surface area contributed by atoms with E-state index in [1.54, 1.807) is 6.92 Å². The van der Waals surface area contributed by atoms with Gasteiger partial charge in [0, 0.05) is 11.4 Å². The molecule has 0 bridgehead atoms. The maximum absolute atomic E-state index is 12.2. The molecule has 2 aromatic heterocycles. The number of aryl methyl sites for hydroxylation is 1. The zero-order chi connectivity index (χ0) is 16.4. The molecule has 1 aliphatic rings. The lowest BCUT2D eigenvalue weighted by atomic mass is 10.1. The highest BCUT2D eigenvalue weighted by molar-refractivity contribution is 7.10. The largest absolute Gasteiger partial charge is 0.383 e. The number of nitrogens with zero attached hydrogens (tertiary/aromatic N) is 3. The van der Waals surface area contributed by atoms with Crippen LogP contribution in [0.15, 0.2) is 17.5 Å². The molecule has 0 saturated carbocycles. The van der Waals surface area contributed by atoms with Crippen LogP contribution in [0.1, 0.15) is 42.3 Å². The molecule has 2 unspecified atom stereocenters. The minimum absolute atomic E-state index is 0.142. The smallest absolute Gasteiger partial charge is 0.315 e. The summed E-state index contributed by atoms with van der Waals surface area (Å²) >= 11 is 1.47. The molecule has 7 nitrogen and oxygen atoms in total. The van der Waals surface area contributed by atoms with Crippen LogP contribution >= 0.6 is 11.3 Å². The third-order valence-electron chi connectivity index (χ3n) is 4.10. The topological polar surface area (TPSA) is 92.1 Å². The van der Waals surface area contributed by atoms with E-state index < -0.39 is 5.60 Å². The number of hydrogen-bond acceptors (Lipinski definition) is 5. The number of aromatic nitrogens is 3. The summed E-state index contributed by atoms with van der Waals surface area (Å²) in [6.45, 7) is 4.65. The second kappa shape index (κ2) is 6.29. The number of carbonyl (C=O) groups is 1. The molecule has 3 rings (SSSR count). The Balaban J connectivity index is 1.58. The average Bonchev–Trinajstić information content (AvgIpc) is 3.17. The first-order chi connectivity index (χ1) is 11.0. The summed E-state index contributed by atoms with van der Waals surface area (Å²) in [7, 11) is 0. The van der Waals surface area contributed by atoms with Crippen molar-refractivity contribution in [3.8, 4) is 0 Å². The second-order valence-corrected chi connectivity index (χ2v) is 6.98. The summed E-state index contributed by atoms with van der Waals surface area (Å²) in [6.07, 6.45) is 1.82. The molecule has 3 heterocycles. The zero-order valence-corrected chi connectivity index (χ0v) is 14.1. The van der Waals surface area contributed by atoms with E-state index in [0.717, 1.165) is 35.9 Å². The Hall–Kier alpha value is -1.93. The fourth-order valence-electron chi connectivity index (χ4n) is 2.78. The number of fused-ring (bicyclic) bond motifs is 1. The zero-order valence-electron chi connectivity index (χ0n) is 13.2. The monoisotopic (exact) mass is 335 g/mol. The first-order valence-electron chi connectivity index (χ1n) is 7.68. The summed E-state index contributed by atoms with van der Waals surface area (Å²) in [5.74, 6) is 1.67. The quantitative estimate of drug-likeness (QED) is 0.793. The third kappa shape index (κ3) is 3.37. The first kappa shape index (κ1) is 15.9. The van der Waals surface area contributed by atoms with Gasteiger partial charge in [0.25, 0.3) is 0 Å². The fraction of sp³-hybridized carbons (Fsp3) is 0.533. The van der Waals surface area contributed by atoms with E-state index >= 15 is 0 Å². The van der Waals surface area contributed by atoms with Crippen molar-refractivity contribution >= 4 is 17.4 Å². The van der Waals surface area contributed by atoms with E-state index in [1.807, 2.05) is 29.0 Å². The van der Waals surface area contributed by atoms with Crippen LogP contribution < -0.4 is 10.6 Å². The van der Waals surface area contributed by atoms with Crippen molar-refractivity contribution in [3.05, 3.63) is 34.0 Å². The minimum atomic E-state index is -1.07. The Kier molecular flexibility index (Phi) is 4.36. The predicted molar refractivity (Wildman–Crippen MR) is 87.2 cm³/mol. The number of nitrogens with one attached hydrogen (secondary N) is 2. The van der Waals surface area contributed by atoms with Crippen molar-refractivity contribution in [3.63, 3.8) is 0 Å². The predicted octanol–water partition coefficient (Wildman–Crippen LogP) is 1.69. The lowest BCUT2D eigenvalue weighted by molar-refractivity contribution is 0.0629. The normalized spacial score (nSPS) is 19.7. The van der Waals surface area contributed by atoms with Crippen LogP contribution in [0.2, 0.25) is 0 Å². The highest BCUT2D eigenvalue weighted by atomic mass is 32.1. The van der Waals surface area contributed by atoms with Crippen LogP contribution in [-0.2, 0) is 12.1 Å². The van der Waals surface area contributed by atoms with E-state index in [4.69, 9.17) is 0 Å². The molecule has 0 radical (unpaired) electrons. The van der Waals surface area contributed by atoms with Gasteiger partial charge in [-0.1, -0.05) is 6.07 Å². The fourth-order valence-corrected chi connectivity index (χ4v) is 3.57. The Labute approximate surface area is 138 Å². The van der Waals surface area contributed by atoms with Crippen LogP contribution in [0.25, 0.3) is 0 Å². The molecule has 0 aliphatic carbocycles. The van der Waals surface area contributed by atoms with E-state index in [1.165, 1.54) is 11.3 Å². The molecule has 124 valence electrons. The molecule has 8 heteroatoms. The molecule has 0 aromatic carbocycles. The van der Waals surface area contributed by atoms with Gasteiger partial charge in [-0.3, -0.25) is 0 Å². The molecule has 0 spiro atoms. The molecule has 23 heavy (non-hydrogen) atoms. The van der Waals surface area contributed by atoms with Crippen LogP contribution in [-0.4, -0.2) is 32.4 Å². The van der Waals surface area contributed by atoms with Gasteiger partial charge >= 0.3 is 6.03 Å². The number of rotatable bonds is 4. The number of thiophene rings is 1. The Morgan fingerprint density at radius 2 is 2.39 bits per heavy atom. The van der Waals surface area contributed by atoms with Crippen LogP contribution in [0.4, 0.5) is 4.79 Å². The summed E-state index contributed by atoms with van der Waals surface area (Å²) in [6, 6.07) is 3.29. The number of amides is 2. The van der Waals surface area contributed by atoms with Crippen molar-refractivity contribution in [1.82, 2.24) is 25.4 Å². The van der Waals surface area contributed by atoms with Crippen molar-refractivity contribution in [1.29, 1.82) is 0 Å². The van der Waals surface area contributed by atoms with Gasteiger partial charge in [0.05, 0.1) is 12.6 Å². The molecule has 0 fully saturated rings. The highest BCUT2D eigenvalue weighted by Crippen LogP contribution is 2.25. The molecular formula is C15H21N5O2S. The highest BCUT2D eigenvalue weighted by Gasteiger charge is 2.28. The van der Waals surface area contributed by atoms with Crippen molar-refractivity contribution in [2.24, 2.45) is 0 Å². The molecule has 3 N–H and O–H groups in total. The third-order valence-corrected chi connectivity index (χ3v) is 5.22. The number of carbonyl (C=O) groups excluding carboxylic acids is 1. The van der Waals surface area contributed by atoms with Gasteiger partial charge in [0.2, 0.25) is 0 Å². The van der Waals surface area contributed by atoms with Crippen molar-refractivity contribution in [2.75, 3.05) is 6.54 Å². The summed E-state index contributed by atoms with van der Waals surface area (Å²) < 4.78 is 2.04. The van der Waals surface area contributed by atoms with E-state index in [2.05, 4.69) is 20.8 Å². The molecule has 2 atom stereocenters. The summed E-state index contributed by atoms with van der Waals surface area (Å²) in [4.78, 5) is 13.0. The van der Waals surface area contributed by atoms with Gasteiger partial charge in [-0.25, -0.2) is 4.79 Å². The number of aliphatic hydroxyl groups is 1. The van der Waals surface area contributed by atoms with Gasteiger partial charge < -0.3 is 20.3 Å². The molecular weight excluding hydrogens is 314 g/mol. The van der Waals surface area contributed by atoms with Crippen molar-refractivity contribution in [2.45, 2.75) is 44.9 Å². The standard InChI is InChI=1S/C15H21N5O2S/c1-10-18-19-13-11(5-3-7-20(10)13)17-14(21)16-9-15(2,22)12-6-4-8-23-12/h4,6,8,11,22H,3,5,7,9H2,1-2H3,(H2,16,17,21). The Morgan fingerprint density at radius 1 is 1.57 bits per heavy atom. The van der Waals surface area contributed by atoms with Gasteiger partial charge in [-0.05, 0) is 38.1 Å². The Bertz CT molecular complexity index is 680. The molecule has 1 aliphatic heterocycles. The van der Waals surface area contributed by atoms with Crippen LogP contribution in [0.3, 0.4) is 0 Å². The van der Waals surface area contributed by atoms with Gasteiger partial charge in [0.15, 0.2) is 5.82 Å². The van der Waals surface area contributed by atoms with Gasteiger partial charge in [-0.15, -0.1) is 21.5 Å². The van der Waals surface area contributed by atoms with Gasteiger partial charge in [-0.2, -0.15) is 0 Å². The van der Waals surface area contributed by atoms with Crippen molar-refractivity contribution < 1.29 is 9.90 Å². The van der Waals surface area contributed by atoms with E-state index in [0.29, 0.717) is 0 Å². The summed E-state index contributed by atoms with van der Waals surface area (Å²) in [5, 5.41) is 26.2. The molecule has 0 saturated heterocycles. The average molecular weight is 335 g/mol. The van der Waals surface area contributed by atoms with Gasteiger partial charge in [0.1, 0.15) is 11.4 Å².